The van der Waals surface area contributed by atoms with Gasteiger partial charge in [-0.3, -0.25) is 9.79 Å². The van der Waals surface area contributed by atoms with Crippen molar-refractivity contribution in [1.82, 2.24) is 0 Å². The standard InChI is InChI=1S/C18H22N2O4S/c1-25(22,23)10-9-24-18(21)12-14-4-5-15-6-8-20(17(15)11-14)13-16-3-2-7-19-16/h3-5,7,11H,2,6,8-10,12-13H2,1H3. The maximum atomic E-state index is 11.9. The molecule has 25 heavy (non-hydrogen) atoms. The van der Waals surface area contributed by atoms with E-state index in [-0.39, 0.29) is 18.8 Å². The van der Waals surface area contributed by atoms with Crippen LogP contribution in [0.15, 0.2) is 35.0 Å². The van der Waals surface area contributed by atoms with Gasteiger partial charge in [0.15, 0.2) is 9.84 Å². The van der Waals surface area contributed by atoms with Crippen LogP contribution in [0.2, 0.25) is 0 Å². The molecule has 0 aromatic heterocycles. The van der Waals surface area contributed by atoms with Gasteiger partial charge < -0.3 is 9.64 Å². The fourth-order valence-electron chi connectivity index (χ4n) is 3.00. The summed E-state index contributed by atoms with van der Waals surface area (Å²) < 4.78 is 27.1. The van der Waals surface area contributed by atoms with E-state index in [0.717, 1.165) is 49.1 Å². The summed E-state index contributed by atoms with van der Waals surface area (Å²) in [6.45, 7) is 1.64. The van der Waals surface area contributed by atoms with Crippen LogP contribution < -0.4 is 4.90 Å². The average Bonchev–Trinajstić information content (AvgIpc) is 3.17. The lowest BCUT2D eigenvalue weighted by atomic mass is 10.1. The van der Waals surface area contributed by atoms with E-state index in [4.69, 9.17) is 4.74 Å². The van der Waals surface area contributed by atoms with E-state index >= 15 is 0 Å². The van der Waals surface area contributed by atoms with Crippen molar-refractivity contribution in [3.8, 4) is 0 Å². The molecule has 0 fully saturated rings. The number of nitrogens with zero attached hydrogens (tertiary/aromatic N) is 2. The summed E-state index contributed by atoms with van der Waals surface area (Å²) >= 11 is 0. The van der Waals surface area contributed by atoms with Crippen LogP contribution in [0, 0.1) is 0 Å². The van der Waals surface area contributed by atoms with Crippen molar-refractivity contribution in [3.63, 3.8) is 0 Å². The number of hydrogen-bond acceptors (Lipinski definition) is 6. The Morgan fingerprint density at radius 1 is 1.36 bits per heavy atom. The Balaban J connectivity index is 1.60. The Morgan fingerprint density at radius 2 is 2.20 bits per heavy atom. The van der Waals surface area contributed by atoms with Gasteiger partial charge in [0.25, 0.3) is 0 Å². The Kier molecular flexibility index (Phi) is 5.22. The number of benzene rings is 1. The number of anilines is 1. The van der Waals surface area contributed by atoms with Crippen molar-refractivity contribution in [2.24, 2.45) is 4.99 Å². The molecule has 0 spiro atoms. The highest BCUT2D eigenvalue weighted by molar-refractivity contribution is 7.90. The molecule has 2 heterocycles. The Labute approximate surface area is 148 Å². The molecule has 3 rings (SSSR count). The molecule has 0 atom stereocenters. The lowest BCUT2D eigenvalue weighted by Crippen LogP contribution is -2.22. The molecule has 0 saturated carbocycles. The summed E-state index contributed by atoms with van der Waals surface area (Å²) in [4.78, 5) is 18.5. The second-order valence-electron chi connectivity index (χ2n) is 6.40. The summed E-state index contributed by atoms with van der Waals surface area (Å²) in [7, 11) is -3.12. The molecule has 0 bridgehead atoms. The first-order valence-electron chi connectivity index (χ1n) is 8.32. The molecule has 0 radical (unpaired) electrons. The third-order valence-corrected chi connectivity index (χ3v) is 5.18. The number of carbonyl (C=O) groups excluding carboxylic acids is 1. The highest BCUT2D eigenvalue weighted by Crippen LogP contribution is 2.30. The minimum atomic E-state index is -3.12. The molecule has 0 saturated heterocycles. The first-order chi connectivity index (χ1) is 11.9. The van der Waals surface area contributed by atoms with Crippen LogP contribution in [0.4, 0.5) is 5.69 Å². The van der Waals surface area contributed by atoms with E-state index in [1.807, 2.05) is 18.3 Å². The minimum absolute atomic E-state index is 0.0963. The van der Waals surface area contributed by atoms with E-state index < -0.39 is 15.8 Å². The van der Waals surface area contributed by atoms with E-state index in [0.29, 0.717) is 0 Å². The van der Waals surface area contributed by atoms with Crippen molar-refractivity contribution in [3.05, 3.63) is 41.1 Å². The molecule has 6 nitrogen and oxygen atoms in total. The smallest absolute Gasteiger partial charge is 0.310 e. The SMILES string of the molecule is CS(=O)(=O)CCOC(=O)Cc1ccc2c(c1)N(CC1=CCC=N1)CC2. The zero-order valence-corrected chi connectivity index (χ0v) is 15.1. The van der Waals surface area contributed by atoms with Crippen molar-refractivity contribution in [1.29, 1.82) is 0 Å². The van der Waals surface area contributed by atoms with E-state index in [1.165, 1.54) is 5.56 Å². The number of aliphatic imine (C=N–C) groups is 1. The number of hydrogen-bond donors (Lipinski definition) is 0. The Bertz CT molecular complexity index is 827. The number of rotatable bonds is 7. The topological polar surface area (TPSA) is 76.0 Å². The summed E-state index contributed by atoms with van der Waals surface area (Å²) in [6.07, 6.45) is 7.20. The van der Waals surface area contributed by atoms with E-state index in [1.54, 1.807) is 0 Å². The van der Waals surface area contributed by atoms with Crippen LogP contribution in [-0.4, -0.2) is 52.3 Å². The molecular weight excluding hydrogens is 340 g/mol. The molecule has 0 unspecified atom stereocenters. The predicted octanol–water partition coefficient (Wildman–Crippen LogP) is 1.54. The second-order valence-corrected chi connectivity index (χ2v) is 8.66. The first-order valence-corrected chi connectivity index (χ1v) is 10.4. The molecule has 2 aliphatic rings. The highest BCUT2D eigenvalue weighted by Gasteiger charge is 2.21. The fourth-order valence-corrected chi connectivity index (χ4v) is 3.39. The number of allylic oxidation sites excluding steroid dienone is 1. The summed E-state index contributed by atoms with van der Waals surface area (Å²) in [5.74, 6) is -0.553. The van der Waals surface area contributed by atoms with Crippen LogP contribution in [0.5, 0.6) is 0 Å². The Hall–Kier alpha value is -2.15. The van der Waals surface area contributed by atoms with Crippen LogP contribution in [-0.2, 0) is 32.2 Å². The normalized spacial score (nSPS) is 16.0. The van der Waals surface area contributed by atoms with Crippen LogP contribution in [0.25, 0.3) is 0 Å². The molecule has 134 valence electrons. The van der Waals surface area contributed by atoms with Gasteiger partial charge in [0.2, 0.25) is 0 Å². The maximum Gasteiger partial charge on any atom is 0.310 e. The van der Waals surface area contributed by atoms with Crippen LogP contribution >= 0.6 is 0 Å². The molecule has 0 amide bonds. The summed E-state index contributed by atoms with van der Waals surface area (Å²) in [6, 6.07) is 6.02. The maximum absolute atomic E-state index is 11.9. The molecule has 2 aliphatic heterocycles. The quantitative estimate of drug-likeness (QED) is 0.688. The average molecular weight is 362 g/mol. The van der Waals surface area contributed by atoms with Gasteiger partial charge in [-0.05, 0) is 23.6 Å². The number of sulfone groups is 1. The minimum Gasteiger partial charge on any atom is -0.464 e. The van der Waals surface area contributed by atoms with Crippen molar-refractivity contribution in [2.45, 2.75) is 19.3 Å². The zero-order valence-electron chi connectivity index (χ0n) is 14.3. The van der Waals surface area contributed by atoms with Crippen molar-refractivity contribution >= 4 is 27.7 Å². The van der Waals surface area contributed by atoms with Gasteiger partial charge in [-0.1, -0.05) is 18.2 Å². The first kappa shape index (κ1) is 17.7. The van der Waals surface area contributed by atoms with Crippen molar-refractivity contribution < 1.29 is 17.9 Å². The zero-order chi connectivity index (χ0) is 17.9. The second kappa shape index (κ2) is 7.39. The van der Waals surface area contributed by atoms with Crippen molar-refractivity contribution in [2.75, 3.05) is 36.6 Å². The number of ether oxygens (including phenoxy) is 1. The third kappa shape index (κ3) is 4.92. The number of fused-ring (bicyclic) bond motifs is 1. The van der Waals surface area contributed by atoms with Gasteiger partial charge in [-0.25, -0.2) is 8.42 Å². The number of esters is 1. The van der Waals surface area contributed by atoms with Gasteiger partial charge in [-0.2, -0.15) is 0 Å². The molecular formula is C18H22N2O4S. The molecule has 7 heteroatoms. The van der Waals surface area contributed by atoms with E-state index in [2.05, 4.69) is 22.0 Å². The van der Waals surface area contributed by atoms with Gasteiger partial charge in [-0.15, -0.1) is 0 Å². The van der Waals surface area contributed by atoms with Gasteiger partial charge in [0.1, 0.15) is 6.61 Å². The van der Waals surface area contributed by atoms with Crippen LogP contribution in [0.3, 0.4) is 0 Å². The van der Waals surface area contributed by atoms with E-state index in [9.17, 15) is 13.2 Å². The summed E-state index contributed by atoms with van der Waals surface area (Å²) in [5, 5.41) is 0. The largest absolute Gasteiger partial charge is 0.464 e. The molecule has 0 N–H and O–H groups in total. The van der Waals surface area contributed by atoms with Gasteiger partial charge in [0, 0.05) is 31.1 Å². The lowest BCUT2D eigenvalue weighted by molar-refractivity contribution is -0.142. The predicted molar refractivity (Wildman–Crippen MR) is 97.9 cm³/mol. The molecule has 0 aliphatic carbocycles. The summed E-state index contributed by atoms with van der Waals surface area (Å²) in [5.41, 5.74) is 4.37. The fraction of sp³-hybridized carbons (Fsp3) is 0.444. The van der Waals surface area contributed by atoms with Gasteiger partial charge >= 0.3 is 5.97 Å². The Morgan fingerprint density at radius 3 is 2.92 bits per heavy atom. The monoisotopic (exact) mass is 362 g/mol. The molecule has 1 aromatic rings. The molecule has 1 aromatic carbocycles. The number of carbonyl (C=O) groups is 1. The van der Waals surface area contributed by atoms with Crippen LogP contribution in [0.1, 0.15) is 17.5 Å². The third-order valence-electron chi connectivity index (χ3n) is 4.28. The van der Waals surface area contributed by atoms with Gasteiger partial charge in [0.05, 0.1) is 24.4 Å². The lowest BCUT2D eigenvalue weighted by Gasteiger charge is -2.19. The highest BCUT2D eigenvalue weighted by atomic mass is 32.2.